The van der Waals surface area contributed by atoms with Gasteiger partial charge in [0.25, 0.3) is 0 Å². The van der Waals surface area contributed by atoms with E-state index in [-0.39, 0.29) is 5.54 Å². The summed E-state index contributed by atoms with van der Waals surface area (Å²) in [5.41, 5.74) is 1.01. The zero-order valence-electron chi connectivity index (χ0n) is 13.2. The molecule has 2 heterocycles. The zero-order valence-corrected chi connectivity index (χ0v) is 13.2. The van der Waals surface area contributed by atoms with Gasteiger partial charge in [0.2, 0.25) is 0 Å². The molecule has 0 saturated heterocycles. The van der Waals surface area contributed by atoms with E-state index < -0.39 is 0 Å². The maximum Gasteiger partial charge on any atom is 0.157 e. The highest BCUT2D eigenvalue weighted by atomic mass is 16.5. The maximum absolute atomic E-state index is 5.63. The van der Waals surface area contributed by atoms with Crippen molar-refractivity contribution in [3.05, 3.63) is 24.3 Å². The number of aryl methyl sites for hydroxylation is 1. The van der Waals surface area contributed by atoms with Gasteiger partial charge in [-0.15, -0.1) is 5.10 Å². The topological polar surface area (TPSA) is 69.8 Å². The van der Waals surface area contributed by atoms with Gasteiger partial charge in [0, 0.05) is 24.8 Å². The standard InChI is InChI=1S/C14H24N6O/c1-5-19-11-13(9-16-19)21-7-6-20-10-12(17-18-20)8-15-14(2,3)4/h9-11,15H,5-8H2,1-4H3. The molecule has 2 aromatic heterocycles. The average Bonchev–Trinajstić information content (AvgIpc) is 3.05. The summed E-state index contributed by atoms with van der Waals surface area (Å²) in [5.74, 6) is 0.784. The molecule has 0 bridgehead atoms. The van der Waals surface area contributed by atoms with Gasteiger partial charge in [0.15, 0.2) is 5.75 Å². The molecule has 2 aromatic rings. The number of nitrogens with one attached hydrogen (secondary N) is 1. The van der Waals surface area contributed by atoms with E-state index in [1.807, 2.05) is 24.0 Å². The summed E-state index contributed by atoms with van der Waals surface area (Å²) in [7, 11) is 0. The molecule has 1 N–H and O–H groups in total. The minimum absolute atomic E-state index is 0.0757. The Kier molecular flexibility index (Phi) is 4.95. The lowest BCUT2D eigenvalue weighted by Crippen LogP contribution is -2.35. The molecule has 0 radical (unpaired) electrons. The monoisotopic (exact) mass is 292 g/mol. The third-order valence-electron chi connectivity index (χ3n) is 2.91. The van der Waals surface area contributed by atoms with Crippen LogP contribution >= 0.6 is 0 Å². The number of aromatic nitrogens is 5. The van der Waals surface area contributed by atoms with Crippen LogP contribution in [0.1, 0.15) is 33.4 Å². The molecule has 0 aliphatic carbocycles. The van der Waals surface area contributed by atoms with Gasteiger partial charge in [-0.3, -0.25) is 4.68 Å². The van der Waals surface area contributed by atoms with Gasteiger partial charge in [-0.05, 0) is 27.7 Å². The molecular weight excluding hydrogens is 268 g/mol. The summed E-state index contributed by atoms with van der Waals surface area (Å²) in [6, 6.07) is 0. The van der Waals surface area contributed by atoms with Crippen molar-refractivity contribution in [2.75, 3.05) is 6.61 Å². The minimum atomic E-state index is 0.0757. The Hall–Kier alpha value is -1.89. The predicted octanol–water partition coefficient (Wildman–Crippen LogP) is 1.46. The maximum atomic E-state index is 5.63. The Labute approximate surface area is 125 Å². The van der Waals surface area contributed by atoms with Crippen LogP contribution in [0.4, 0.5) is 0 Å². The Bertz CT molecular complexity index is 554. The van der Waals surface area contributed by atoms with Gasteiger partial charge >= 0.3 is 0 Å². The molecule has 116 valence electrons. The first-order valence-electron chi connectivity index (χ1n) is 7.25. The van der Waals surface area contributed by atoms with Crippen LogP contribution in [-0.2, 0) is 19.6 Å². The van der Waals surface area contributed by atoms with Crippen LogP contribution in [0.25, 0.3) is 0 Å². The third kappa shape index (κ3) is 5.18. The molecule has 0 fully saturated rings. The summed E-state index contributed by atoms with van der Waals surface area (Å²) in [4.78, 5) is 0. The third-order valence-corrected chi connectivity index (χ3v) is 2.91. The Balaban J connectivity index is 1.75. The first-order valence-corrected chi connectivity index (χ1v) is 7.25. The van der Waals surface area contributed by atoms with Crippen molar-refractivity contribution in [3.63, 3.8) is 0 Å². The van der Waals surface area contributed by atoms with E-state index in [4.69, 9.17) is 4.74 Å². The van der Waals surface area contributed by atoms with Gasteiger partial charge in [-0.25, -0.2) is 4.68 Å². The Morgan fingerprint density at radius 3 is 2.71 bits per heavy atom. The lowest BCUT2D eigenvalue weighted by Gasteiger charge is -2.19. The fourth-order valence-corrected chi connectivity index (χ4v) is 1.73. The van der Waals surface area contributed by atoms with Crippen molar-refractivity contribution in [3.8, 4) is 5.75 Å². The Morgan fingerprint density at radius 1 is 1.24 bits per heavy atom. The van der Waals surface area contributed by atoms with Crippen LogP contribution in [0.2, 0.25) is 0 Å². The first kappa shape index (κ1) is 15.5. The van der Waals surface area contributed by atoms with Crippen LogP contribution in [0.3, 0.4) is 0 Å². The predicted molar refractivity (Wildman–Crippen MR) is 80.0 cm³/mol. The van der Waals surface area contributed by atoms with Gasteiger partial charge in [-0.1, -0.05) is 5.21 Å². The van der Waals surface area contributed by atoms with Crippen LogP contribution in [-0.4, -0.2) is 36.9 Å². The van der Waals surface area contributed by atoms with Crippen molar-refractivity contribution in [2.24, 2.45) is 0 Å². The van der Waals surface area contributed by atoms with Crippen molar-refractivity contribution in [1.82, 2.24) is 30.1 Å². The van der Waals surface area contributed by atoms with E-state index in [1.165, 1.54) is 0 Å². The van der Waals surface area contributed by atoms with E-state index >= 15 is 0 Å². The van der Waals surface area contributed by atoms with Crippen LogP contribution in [0.5, 0.6) is 5.75 Å². The summed E-state index contributed by atoms with van der Waals surface area (Å²) < 4.78 is 9.26. The summed E-state index contributed by atoms with van der Waals surface area (Å²) in [6.07, 6.45) is 5.56. The van der Waals surface area contributed by atoms with Gasteiger partial charge in [0.05, 0.1) is 24.6 Å². The highest BCUT2D eigenvalue weighted by Gasteiger charge is 2.10. The number of hydrogen-bond donors (Lipinski definition) is 1. The normalized spacial score (nSPS) is 11.8. The molecule has 2 rings (SSSR count). The number of hydrogen-bond acceptors (Lipinski definition) is 5. The molecule has 0 unspecified atom stereocenters. The van der Waals surface area contributed by atoms with E-state index in [0.717, 1.165) is 18.0 Å². The van der Waals surface area contributed by atoms with E-state index in [9.17, 15) is 0 Å². The second-order valence-corrected chi connectivity index (χ2v) is 5.96. The second-order valence-electron chi connectivity index (χ2n) is 5.96. The molecule has 0 amide bonds. The summed E-state index contributed by atoms with van der Waals surface area (Å²) in [5, 5.41) is 15.8. The lowest BCUT2D eigenvalue weighted by atomic mass is 10.1. The summed E-state index contributed by atoms with van der Waals surface area (Å²) >= 11 is 0. The van der Waals surface area contributed by atoms with Crippen LogP contribution in [0.15, 0.2) is 18.6 Å². The summed E-state index contributed by atoms with van der Waals surface area (Å²) in [6.45, 7) is 11.2. The van der Waals surface area contributed by atoms with Gasteiger partial charge in [-0.2, -0.15) is 5.10 Å². The smallest absolute Gasteiger partial charge is 0.157 e. The van der Waals surface area contributed by atoms with E-state index in [0.29, 0.717) is 19.7 Å². The van der Waals surface area contributed by atoms with Gasteiger partial charge in [0.1, 0.15) is 6.61 Å². The largest absolute Gasteiger partial charge is 0.488 e. The van der Waals surface area contributed by atoms with E-state index in [1.54, 1.807) is 10.9 Å². The lowest BCUT2D eigenvalue weighted by molar-refractivity contribution is 0.289. The quantitative estimate of drug-likeness (QED) is 0.836. The molecule has 0 spiro atoms. The fraction of sp³-hybridized carbons (Fsp3) is 0.643. The molecule has 7 nitrogen and oxygen atoms in total. The van der Waals surface area contributed by atoms with Crippen LogP contribution in [0, 0.1) is 0 Å². The molecule has 21 heavy (non-hydrogen) atoms. The number of rotatable bonds is 7. The highest BCUT2D eigenvalue weighted by Crippen LogP contribution is 2.08. The van der Waals surface area contributed by atoms with Crippen molar-refractivity contribution in [1.29, 1.82) is 0 Å². The minimum Gasteiger partial charge on any atom is -0.488 e. The number of nitrogens with zero attached hydrogens (tertiary/aromatic N) is 5. The number of ether oxygens (including phenoxy) is 1. The second kappa shape index (κ2) is 6.71. The highest BCUT2D eigenvalue weighted by molar-refractivity contribution is 5.11. The fourth-order valence-electron chi connectivity index (χ4n) is 1.73. The van der Waals surface area contributed by atoms with E-state index in [2.05, 4.69) is 41.5 Å². The van der Waals surface area contributed by atoms with Gasteiger partial charge < -0.3 is 10.1 Å². The molecule has 0 saturated carbocycles. The zero-order chi connectivity index (χ0) is 15.3. The molecule has 0 aliphatic rings. The first-order chi connectivity index (χ1) is 9.96. The Morgan fingerprint density at radius 2 is 2.05 bits per heavy atom. The molecule has 0 aromatic carbocycles. The van der Waals surface area contributed by atoms with Crippen molar-refractivity contribution >= 4 is 0 Å². The molecule has 0 aliphatic heterocycles. The van der Waals surface area contributed by atoms with Crippen LogP contribution < -0.4 is 10.1 Å². The molecular formula is C14H24N6O. The molecule has 7 heteroatoms. The van der Waals surface area contributed by atoms with Crippen molar-refractivity contribution in [2.45, 2.75) is 52.9 Å². The average molecular weight is 292 g/mol. The molecule has 0 atom stereocenters. The van der Waals surface area contributed by atoms with Crippen molar-refractivity contribution < 1.29 is 4.74 Å². The SMILES string of the molecule is CCn1cc(OCCn2cc(CNC(C)(C)C)nn2)cn1.